The van der Waals surface area contributed by atoms with Crippen LogP contribution in [0.25, 0.3) is 10.4 Å². The molecule has 0 spiro atoms. The van der Waals surface area contributed by atoms with Gasteiger partial charge in [-0.05, 0) is 21.5 Å². The molecule has 2 rings (SSSR count). The molecule has 0 saturated heterocycles. The van der Waals surface area contributed by atoms with E-state index in [4.69, 9.17) is 4.74 Å². The van der Waals surface area contributed by atoms with E-state index >= 15 is 0 Å². The summed E-state index contributed by atoms with van der Waals surface area (Å²) in [5, 5.41) is 0. The van der Waals surface area contributed by atoms with E-state index in [1.165, 1.54) is 18.4 Å². The number of hydrogen-bond acceptors (Lipinski definition) is 4. The first-order valence-corrected chi connectivity index (χ1v) is 6.13. The number of thiazole rings is 1. The predicted octanol–water partition coefficient (Wildman–Crippen LogP) is 3.36. The van der Waals surface area contributed by atoms with Crippen molar-refractivity contribution in [2.24, 2.45) is 0 Å². The Bertz CT molecular complexity index is 510. The van der Waals surface area contributed by atoms with Crippen molar-refractivity contribution in [1.29, 1.82) is 0 Å². The summed E-state index contributed by atoms with van der Waals surface area (Å²) in [5.41, 5.74) is 1.32. The van der Waals surface area contributed by atoms with Crippen molar-refractivity contribution in [2.45, 2.75) is 0 Å². The monoisotopic (exact) mass is 297 g/mol. The number of carbonyl (C=O) groups excluding carboxylic acids is 1. The lowest BCUT2D eigenvalue weighted by atomic mass is 10.1. The summed E-state index contributed by atoms with van der Waals surface area (Å²) in [6.45, 7) is 0. The van der Waals surface area contributed by atoms with Crippen molar-refractivity contribution in [3.05, 3.63) is 39.9 Å². The molecule has 0 radical (unpaired) electrons. The van der Waals surface area contributed by atoms with E-state index in [1.54, 1.807) is 0 Å². The third kappa shape index (κ3) is 2.15. The van der Waals surface area contributed by atoms with Crippen molar-refractivity contribution >= 4 is 33.2 Å². The summed E-state index contributed by atoms with van der Waals surface area (Å²) in [7, 11) is 1.35. The van der Waals surface area contributed by atoms with Crippen LogP contribution in [-0.2, 0) is 4.74 Å². The van der Waals surface area contributed by atoms with Gasteiger partial charge in [-0.3, -0.25) is 0 Å². The van der Waals surface area contributed by atoms with Gasteiger partial charge in [0.1, 0.15) is 0 Å². The minimum atomic E-state index is -0.416. The van der Waals surface area contributed by atoms with Crippen LogP contribution in [0, 0.1) is 0 Å². The Morgan fingerprint density at radius 1 is 1.38 bits per heavy atom. The van der Waals surface area contributed by atoms with E-state index in [9.17, 15) is 4.79 Å². The summed E-state index contributed by atoms with van der Waals surface area (Å²) in [5.74, 6) is -0.416. The number of benzene rings is 1. The van der Waals surface area contributed by atoms with Gasteiger partial charge in [-0.2, -0.15) is 0 Å². The van der Waals surface area contributed by atoms with Gasteiger partial charge in [0, 0.05) is 0 Å². The molecule has 0 unspecified atom stereocenters. The molecule has 1 heterocycles. The van der Waals surface area contributed by atoms with Crippen LogP contribution in [0.3, 0.4) is 0 Å². The van der Waals surface area contributed by atoms with Crippen LogP contribution >= 0.6 is 27.3 Å². The molecule has 2 aromatic rings. The first kappa shape index (κ1) is 11.3. The fourth-order valence-electron chi connectivity index (χ4n) is 1.31. The number of ether oxygens (including phenoxy) is 1. The van der Waals surface area contributed by atoms with E-state index in [2.05, 4.69) is 20.9 Å². The fourth-order valence-corrected chi connectivity index (χ4v) is 2.76. The fraction of sp³-hybridized carbons (Fsp3) is 0.0909. The van der Waals surface area contributed by atoms with Gasteiger partial charge in [-0.15, -0.1) is 11.3 Å². The lowest BCUT2D eigenvalue weighted by molar-refractivity contribution is 0.0595. The van der Waals surface area contributed by atoms with Gasteiger partial charge in [0.15, 0.2) is 9.61 Å². The van der Waals surface area contributed by atoms with Crippen molar-refractivity contribution in [1.82, 2.24) is 4.98 Å². The molecule has 3 nitrogen and oxygen atoms in total. The maximum Gasteiger partial charge on any atom is 0.358 e. The van der Waals surface area contributed by atoms with E-state index in [0.717, 1.165) is 10.4 Å². The zero-order chi connectivity index (χ0) is 11.5. The largest absolute Gasteiger partial charge is 0.464 e. The second-order valence-electron chi connectivity index (χ2n) is 3.00. The highest BCUT2D eigenvalue weighted by Gasteiger charge is 2.18. The van der Waals surface area contributed by atoms with Crippen LogP contribution in [0.5, 0.6) is 0 Å². The van der Waals surface area contributed by atoms with Gasteiger partial charge in [0.2, 0.25) is 0 Å². The lowest BCUT2D eigenvalue weighted by Gasteiger charge is -1.99. The highest BCUT2D eigenvalue weighted by molar-refractivity contribution is 9.11. The number of halogens is 1. The molecule has 1 aromatic carbocycles. The molecular weight excluding hydrogens is 290 g/mol. The molecule has 0 amide bonds. The Morgan fingerprint density at radius 2 is 2.06 bits per heavy atom. The number of aromatic nitrogens is 1. The van der Waals surface area contributed by atoms with E-state index in [0.29, 0.717) is 9.61 Å². The Balaban J connectivity index is 2.53. The SMILES string of the molecule is COC(=O)c1nc(Br)sc1-c1ccccc1. The third-order valence-corrected chi connectivity index (χ3v) is 3.57. The van der Waals surface area contributed by atoms with Crippen molar-refractivity contribution in [2.75, 3.05) is 7.11 Å². The molecule has 0 N–H and O–H groups in total. The van der Waals surface area contributed by atoms with Crippen molar-refractivity contribution < 1.29 is 9.53 Å². The van der Waals surface area contributed by atoms with Gasteiger partial charge in [0.05, 0.1) is 12.0 Å². The molecule has 16 heavy (non-hydrogen) atoms. The Labute approximate surface area is 105 Å². The van der Waals surface area contributed by atoms with Gasteiger partial charge in [0.25, 0.3) is 0 Å². The van der Waals surface area contributed by atoms with Crippen LogP contribution in [-0.4, -0.2) is 18.1 Å². The topological polar surface area (TPSA) is 39.2 Å². The molecule has 0 atom stereocenters. The maximum absolute atomic E-state index is 11.5. The molecule has 0 aliphatic rings. The van der Waals surface area contributed by atoms with Crippen molar-refractivity contribution in [3.63, 3.8) is 0 Å². The molecule has 82 valence electrons. The van der Waals surface area contributed by atoms with E-state index in [1.807, 2.05) is 30.3 Å². The molecule has 0 aliphatic heterocycles. The third-order valence-electron chi connectivity index (χ3n) is 2.02. The predicted molar refractivity (Wildman–Crippen MR) is 66.6 cm³/mol. The van der Waals surface area contributed by atoms with Crippen LogP contribution in [0.2, 0.25) is 0 Å². The van der Waals surface area contributed by atoms with Gasteiger partial charge in [-0.25, -0.2) is 9.78 Å². The second kappa shape index (κ2) is 4.76. The maximum atomic E-state index is 11.5. The number of methoxy groups -OCH3 is 1. The quantitative estimate of drug-likeness (QED) is 0.798. The first-order chi connectivity index (χ1) is 7.72. The number of hydrogen-bond donors (Lipinski definition) is 0. The van der Waals surface area contributed by atoms with Crippen LogP contribution in [0.4, 0.5) is 0 Å². The summed E-state index contributed by atoms with van der Waals surface area (Å²) in [6, 6.07) is 9.64. The summed E-state index contributed by atoms with van der Waals surface area (Å²) in [4.78, 5) is 16.5. The Hall–Kier alpha value is -1.20. The molecule has 5 heteroatoms. The molecule has 0 aliphatic carbocycles. The number of rotatable bonds is 2. The number of esters is 1. The summed E-state index contributed by atoms with van der Waals surface area (Å²) >= 11 is 4.69. The van der Waals surface area contributed by atoms with Crippen LogP contribution in [0.1, 0.15) is 10.5 Å². The molecule has 0 fully saturated rings. The Kier molecular flexibility index (Phi) is 3.36. The van der Waals surface area contributed by atoms with Crippen molar-refractivity contribution in [3.8, 4) is 10.4 Å². The molecular formula is C11H8BrNO2S. The molecule has 0 saturated carbocycles. The minimum Gasteiger partial charge on any atom is -0.464 e. The summed E-state index contributed by atoms with van der Waals surface area (Å²) < 4.78 is 5.37. The Morgan fingerprint density at radius 3 is 2.69 bits per heavy atom. The summed E-state index contributed by atoms with van der Waals surface area (Å²) in [6.07, 6.45) is 0. The zero-order valence-electron chi connectivity index (χ0n) is 8.44. The average Bonchev–Trinajstić information content (AvgIpc) is 2.71. The zero-order valence-corrected chi connectivity index (χ0v) is 10.8. The normalized spacial score (nSPS) is 10.1. The minimum absolute atomic E-state index is 0.352. The standard InChI is InChI=1S/C11H8BrNO2S/c1-15-10(14)8-9(16-11(12)13-8)7-5-3-2-4-6-7/h2-6H,1H3. The van der Waals surface area contributed by atoms with E-state index < -0.39 is 5.97 Å². The number of carbonyl (C=O) groups is 1. The van der Waals surface area contributed by atoms with Gasteiger partial charge < -0.3 is 4.74 Å². The van der Waals surface area contributed by atoms with Gasteiger partial charge in [-0.1, -0.05) is 30.3 Å². The second-order valence-corrected chi connectivity index (χ2v) is 5.28. The van der Waals surface area contributed by atoms with Crippen LogP contribution < -0.4 is 0 Å². The smallest absolute Gasteiger partial charge is 0.358 e. The average molecular weight is 298 g/mol. The van der Waals surface area contributed by atoms with Gasteiger partial charge >= 0.3 is 5.97 Å². The lowest BCUT2D eigenvalue weighted by Crippen LogP contribution is -2.03. The highest BCUT2D eigenvalue weighted by Crippen LogP contribution is 2.33. The molecule has 1 aromatic heterocycles. The molecule has 0 bridgehead atoms. The van der Waals surface area contributed by atoms with Crippen LogP contribution in [0.15, 0.2) is 34.2 Å². The first-order valence-electron chi connectivity index (χ1n) is 4.52. The highest BCUT2D eigenvalue weighted by atomic mass is 79.9. The van der Waals surface area contributed by atoms with E-state index in [-0.39, 0.29) is 0 Å². The number of nitrogens with zero attached hydrogens (tertiary/aromatic N) is 1.